The van der Waals surface area contributed by atoms with Gasteiger partial charge in [0.25, 0.3) is 0 Å². The van der Waals surface area contributed by atoms with Crippen LogP contribution in [-0.2, 0) is 13.0 Å². The number of benzene rings is 1. The third kappa shape index (κ3) is 2.25. The zero-order chi connectivity index (χ0) is 14.1. The maximum atomic E-state index is 13.4. The summed E-state index contributed by atoms with van der Waals surface area (Å²) in [4.78, 5) is 7.52. The van der Waals surface area contributed by atoms with E-state index in [4.69, 9.17) is 12.2 Å². The van der Waals surface area contributed by atoms with E-state index >= 15 is 0 Å². The standard InChI is InChI=1S/C15H14FN3S/c1-2-10-4-3-7-17-13(10)9-19-14-8-11(16)5-6-12(14)18-15(19)20/h3-8H,2,9H2,1H3,(H,18,20). The van der Waals surface area contributed by atoms with Gasteiger partial charge in [-0.1, -0.05) is 13.0 Å². The number of fused-ring (bicyclic) bond motifs is 1. The van der Waals surface area contributed by atoms with Crippen molar-refractivity contribution in [1.29, 1.82) is 0 Å². The molecule has 0 aliphatic heterocycles. The van der Waals surface area contributed by atoms with Crippen LogP contribution >= 0.6 is 12.2 Å². The Balaban J connectivity index is 2.13. The second-order valence-corrected chi connectivity index (χ2v) is 5.03. The molecule has 0 radical (unpaired) electrons. The SMILES string of the molecule is CCc1cccnc1Cn1c(=S)[nH]c2ccc(F)cc21. The molecule has 0 fully saturated rings. The van der Waals surface area contributed by atoms with Gasteiger partial charge in [0.15, 0.2) is 4.77 Å². The summed E-state index contributed by atoms with van der Waals surface area (Å²) in [6.07, 6.45) is 2.68. The van der Waals surface area contributed by atoms with E-state index < -0.39 is 0 Å². The molecule has 1 N–H and O–H groups in total. The highest BCUT2D eigenvalue weighted by molar-refractivity contribution is 7.71. The monoisotopic (exact) mass is 287 g/mol. The Morgan fingerprint density at radius 2 is 2.20 bits per heavy atom. The van der Waals surface area contributed by atoms with E-state index in [2.05, 4.69) is 23.0 Å². The van der Waals surface area contributed by atoms with Crippen molar-refractivity contribution in [3.63, 3.8) is 0 Å². The van der Waals surface area contributed by atoms with Crippen LogP contribution in [0.3, 0.4) is 0 Å². The molecule has 3 aromatic rings. The van der Waals surface area contributed by atoms with Gasteiger partial charge in [0.1, 0.15) is 5.82 Å². The molecule has 0 aliphatic carbocycles. The number of rotatable bonds is 3. The second-order valence-electron chi connectivity index (χ2n) is 4.64. The summed E-state index contributed by atoms with van der Waals surface area (Å²) in [5.41, 5.74) is 3.75. The fraction of sp³-hybridized carbons (Fsp3) is 0.200. The molecular formula is C15H14FN3S. The number of H-pyrrole nitrogens is 1. The zero-order valence-corrected chi connectivity index (χ0v) is 11.9. The van der Waals surface area contributed by atoms with Gasteiger partial charge in [-0.15, -0.1) is 0 Å². The topological polar surface area (TPSA) is 33.6 Å². The first-order chi connectivity index (χ1) is 9.69. The Hall–Kier alpha value is -2.01. The minimum absolute atomic E-state index is 0.267. The first kappa shape index (κ1) is 13.0. The summed E-state index contributed by atoms with van der Waals surface area (Å²) < 4.78 is 15.9. The number of aromatic nitrogens is 3. The third-order valence-corrected chi connectivity index (χ3v) is 3.73. The minimum atomic E-state index is -0.267. The van der Waals surface area contributed by atoms with Gasteiger partial charge in [-0.2, -0.15) is 0 Å². The number of hydrogen-bond acceptors (Lipinski definition) is 2. The molecule has 0 saturated heterocycles. The van der Waals surface area contributed by atoms with Gasteiger partial charge < -0.3 is 9.55 Å². The van der Waals surface area contributed by atoms with Crippen LogP contribution in [0.4, 0.5) is 4.39 Å². The lowest BCUT2D eigenvalue weighted by Gasteiger charge is -2.08. The van der Waals surface area contributed by atoms with E-state index in [1.54, 1.807) is 12.3 Å². The molecule has 0 atom stereocenters. The normalized spacial score (nSPS) is 11.1. The van der Waals surface area contributed by atoms with E-state index in [1.807, 2.05) is 10.6 Å². The molecular weight excluding hydrogens is 273 g/mol. The molecule has 0 saturated carbocycles. The predicted octanol–water partition coefficient (Wildman–Crippen LogP) is 3.84. The molecule has 0 unspecified atom stereocenters. The molecule has 0 spiro atoms. The van der Waals surface area contributed by atoms with E-state index in [-0.39, 0.29) is 5.82 Å². The Morgan fingerprint density at radius 1 is 1.35 bits per heavy atom. The van der Waals surface area contributed by atoms with Gasteiger partial charge in [-0.25, -0.2) is 4.39 Å². The number of imidazole rings is 1. The van der Waals surface area contributed by atoms with Crippen LogP contribution < -0.4 is 0 Å². The fourth-order valence-electron chi connectivity index (χ4n) is 2.37. The van der Waals surface area contributed by atoms with Gasteiger partial charge in [-0.3, -0.25) is 4.98 Å². The molecule has 0 amide bonds. The molecule has 2 aromatic heterocycles. The highest BCUT2D eigenvalue weighted by atomic mass is 32.1. The summed E-state index contributed by atoms with van der Waals surface area (Å²) in [6.45, 7) is 2.64. The van der Waals surface area contributed by atoms with E-state index in [0.29, 0.717) is 11.3 Å². The highest BCUT2D eigenvalue weighted by Gasteiger charge is 2.09. The smallest absolute Gasteiger partial charge is 0.178 e. The lowest BCUT2D eigenvalue weighted by molar-refractivity contribution is 0.628. The molecule has 0 aliphatic rings. The van der Waals surface area contributed by atoms with Crippen LogP contribution in [0.15, 0.2) is 36.5 Å². The Kier molecular flexibility index (Phi) is 3.36. The Bertz CT molecular complexity index is 819. The van der Waals surface area contributed by atoms with E-state index in [1.165, 1.54) is 17.7 Å². The van der Waals surface area contributed by atoms with Gasteiger partial charge in [-0.05, 0) is 48.5 Å². The van der Waals surface area contributed by atoms with Crippen molar-refractivity contribution in [2.24, 2.45) is 0 Å². The zero-order valence-electron chi connectivity index (χ0n) is 11.1. The number of aromatic amines is 1. The van der Waals surface area contributed by atoms with Crippen LogP contribution in [-0.4, -0.2) is 14.5 Å². The number of nitrogens with one attached hydrogen (secondary N) is 1. The molecule has 0 bridgehead atoms. The number of halogens is 1. The van der Waals surface area contributed by atoms with Crippen LogP contribution in [0, 0.1) is 10.6 Å². The predicted molar refractivity (Wildman–Crippen MR) is 79.8 cm³/mol. The maximum absolute atomic E-state index is 13.4. The van der Waals surface area contributed by atoms with Crippen LogP contribution in [0.2, 0.25) is 0 Å². The first-order valence-electron chi connectivity index (χ1n) is 6.50. The molecule has 1 aromatic carbocycles. The van der Waals surface area contributed by atoms with Crippen molar-refractivity contribution in [3.05, 3.63) is 58.4 Å². The van der Waals surface area contributed by atoms with Gasteiger partial charge in [0.05, 0.1) is 23.3 Å². The summed E-state index contributed by atoms with van der Waals surface area (Å²) in [6, 6.07) is 8.61. The maximum Gasteiger partial charge on any atom is 0.178 e. The summed E-state index contributed by atoms with van der Waals surface area (Å²) in [7, 11) is 0. The van der Waals surface area contributed by atoms with Crippen molar-refractivity contribution < 1.29 is 4.39 Å². The Labute approximate surface area is 121 Å². The molecule has 20 heavy (non-hydrogen) atoms. The van der Waals surface area contributed by atoms with Gasteiger partial charge in [0, 0.05) is 6.20 Å². The van der Waals surface area contributed by atoms with E-state index in [0.717, 1.165) is 23.1 Å². The highest BCUT2D eigenvalue weighted by Crippen LogP contribution is 2.18. The number of nitrogens with zero attached hydrogens (tertiary/aromatic N) is 2. The molecule has 102 valence electrons. The molecule has 5 heteroatoms. The Morgan fingerprint density at radius 3 is 3.00 bits per heavy atom. The fourth-order valence-corrected chi connectivity index (χ4v) is 2.64. The number of pyridine rings is 1. The minimum Gasteiger partial charge on any atom is -0.331 e. The number of hydrogen-bond donors (Lipinski definition) is 1. The van der Waals surface area contributed by atoms with Gasteiger partial charge >= 0.3 is 0 Å². The van der Waals surface area contributed by atoms with Crippen LogP contribution in [0.1, 0.15) is 18.2 Å². The lowest BCUT2D eigenvalue weighted by atomic mass is 10.1. The molecule has 2 heterocycles. The largest absolute Gasteiger partial charge is 0.331 e. The summed E-state index contributed by atoms with van der Waals surface area (Å²) >= 11 is 5.33. The van der Waals surface area contributed by atoms with Crippen LogP contribution in [0.25, 0.3) is 11.0 Å². The van der Waals surface area contributed by atoms with Crippen LogP contribution in [0.5, 0.6) is 0 Å². The van der Waals surface area contributed by atoms with Gasteiger partial charge in [0.2, 0.25) is 0 Å². The summed E-state index contributed by atoms with van der Waals surface area (Å²) in [5.74, 6) is -0.267. The third-order valence-electron chi connectivity index (χ3n) is 3.41. The van der Waals surface area contributed by atoms with Crippen molar-refractivity contribution in [2.45, 2.75) is 19.9 Å². The summed E-state index contributed by atoms with van der Waals surface area (Å²) in [5, 5.41) is 0. The van der Waals surface area contributed by atoms with Crippen molar-refractivity contribution >= 4 is 23.3 Å². The first-order valence-corrected chi connectivity index (χ1v) is 6.90. The second kappa shape index (κ2) is 5.17. The van der Waals surface area contributed by atoms with Crippen molar-refractivity contribution in [3.8, 4) is 0 Å². The molecule has 3 rings (SSSR count). The average molecular weight is 287 g/mol. The molecule has 3 nitrogen and oxygen atoms in total. The average Bonchev–Trinajstić information content (AvgIpc) is 2.76. The van der Waals surface area contributed by atoms with Crippen molar-refractivity contribution in [1.82, 2.24) is 14.5 Å². The lowest BCUT2D eigenvalue weighted by Crippen LogP contribution is -2.05. The van der Waals surface area contributed by atoms with E-state index in [9.17, 15) is 4.39 Å². The quantitative estimate of drug-likeness (QED) is 0.742. The number of aryl methyl sites for hydroxylation is 1. The van der Waals surface area contributed by atoms with Crippen molar-refractivity contribution in [2.75, 3.05) is 0 Å².